The van der Waals surface area contributed by atoms with Gasteiger partial charge in [-0.25, -0.2) is 4.79 Å². The lowest BCUT2D eigenvalue weighted by Gasteiger charge is -2.15. The molecule has 0 aromatic heterocycles. The Morgan fingerprint density at radius 3 is 2.94 bits per heavy atom. The molecule has 1 aliphatic rings. The number of nitrogens with two attached hydrogens (primary N) is 1. The summed E-state index contributed by atoms with van der Waals surface area (Å²) in [6, 6.07) is 5.43. The van der Waals surface area contributed by atoms with Crippen molar-refractivity contribution in [1.82, 2.24) is 0 Å². The number of esters is 1. The minimum absolute atomic E-state index is 0.219. The molecule has 2 atom stereocenters. The average Bonchev–Trinajstić information content (AvgIpc) is 2.77. The standard InChI is InChI=1S/C13H17NO3S/c1-8-10(6-7-17-8)18-11-5-3-4-9(12(11)14)13(15)16-2/h3-5,8,10H,6-7,14H2,1-2H3. The van der Waals surface area contributed by atoms with E-state index in [1.54, 1.807) is 17.8 Å². The summed E-state index contributed by atoms with van der Waals surface area (Å²) in [7, 11) is 1.36. The third-order valence-corrected chi connectivity index (χ3v) is 4.59. The summed E-state index contributed by atoms with van der Waals surface area (Å²) < 4.78 is 10.2. The summed E-state index contributed by atoms with van der Waals surface area (Å²) in [5, 5.41) is 0.389. The van der Waals surface area contributed by atoms with Crippen molar-refractivity contribution in [1.29, 1.82) is 0 Å². The van der Waals surface area contributed by atoms with Crippen LogP contribution >= 0.6 is 11.8 Å². The number of para-hydroxylation sites is 1. The van der Waals surface area contributed by atoms with E-state index in [9.17, 15) is 4.79 Å². The van der Waals surface area contributed by atoms with Crippen LogP contribution in [0.5, 0.6) is 0 Å². The van der Waals surface area contributed by atoms with E-state index in [1.165, 1.54) is 7.11 Å². The fourth-order valence-electron chi connectivity index (χ4n) is 1.96. The maximum absolute atomic E-state index is 11.6. The lowest BCUT2D eigenvalue weighted by atomic mass is 10.2. The molecule has 2 unspecified atom stereocenters. The summed E-state index contributed by atoms with van der Waals surface area (Å²) in [4.78, 5) is 12.5. The molecular weight excluding hydrogens is 250 g/mol. The van der Waals surface area contributed by atoms with Crippen molar-refractivity contribution >= 4 is 23.4 Å². The third-order valence-electron chi connectivity index (χ3n) is 3.06. The molecule has 1 aliphatic heterocycles. The van der Waals surface area contributed by atoms with Gasteiger partial charge in [-0.2, -0.15) is 0 Å². The lowest BCUT2D eigenvalue weighted by Crippen LogP contribution is -2.14. The molecule has 1 fully saturated rings. The molecule has 0 aliphatic carbocycles. The van der Waals surface area contributed by atoms with Crippen LogP contribution < -0.4 is 5.73 Å². The number of hydrogen-bond donors (Lipinski definition) is 1. The van der Waals surface area contributed by atoms with Crippen LogP contribution in [-0.2, 0) is 9.47 Å². The van der Waals surface area contributed by atoms with Crippen molar-refractivity contribution in [3.05, 3.63) is 23.8 Å². The van der Waals surface area contributed by atoms with Gasteiger partial charge in [0.2, 0.25) is 0 Å². The highest BCUT2D eigenvalue weighted by Gasteiger charge is 2.26. The maximum atomic E-state index is 11.6. The highest BCUT2D eigenvalue weighted by molar-refractivity contribution is 8.00. The lowest BCUT2D eigenvalue weighted by molar-refractivity contribution is 0.0601. The van der Waals surface area contributed by atoms with E-state index in [0.29, 0.717) is 16.5 Å². The molecule has 1 aromatic rings. The molecule has 0 saturated carbocycles. The van der Waals surface area contributed by atoms with E-state index in [-0.39, 0.29) is 6.10 Å². The van der Waals surface area contributed by atoms with Crippen LogP contribution in [0.1, 0.15) is 23.7 Å². The average molecular weight is 267 g/mol. The van der Waals surface area contributed by atoms with Gasteiger partial charge >= 0.3 is 5.97 Å². The second-order valence-electron chi connectivity index (χ2n) is 4.23. The number of methoxy groups -OCH3 is 1. The zero-order valence-electron chi connectivity index (χ0n) is 10.5. The van der Waals surface area contributed by atoms with Crippen LogP contribution in [-0.4, -0.2) is 31.0 Å². The van der Waals surface area contributed by atoms with Crippen LogP contribution in [0.15, 0.2) is 23.1 Å². The third kappa shape index (κ3) is 2.62. The highest BCUT2D eigenvalue weighted by Crippen LogP contribution is 2.36. The number of thioether (sulfide) groups is 1. The number of carbonyl (C=O) groups excluding carboxylic acids is 1. The van der Waals surface area contributed by atoms with Gasteiger partial charge in [-0.05, 0) is 25.5 Å². The zero-order chi connectivity index (χ0) is 13.1. The van der Waals surface area contributed by atoms with Gasteiger partial charge in [0, 0.05) is 16.8 Å². The van der Waals surface area contributed by atoms with E-state index >= 15 is 0 Å². The quantitative estimate of drug-likeness (QED) is 0.672. The fraction of sp³-hybridized carbons (Fsp3) is 0.462. The number of carbonyl (C=O) groups is 1. The summed E-state index contributed by atoms with van der Waals surface area (Å²) in [5.74, 6) is -0.398. The largest absolute Gasteiger partial charge is 0.465 e. The number of ether oxygens (including phenoxy) is 2. The van der Waals surface area contributed by atoms with Crippen molar-refractivity contribution in [3.63, 3.8) is 0 Å². The number of anilines is 1. The van der Waals surface area contributed by atoms with Gasteiger partial charge in [0.25, 0.3) is 0 Å². The summed E-state index contributed by atoms with van der Waals surface area (Å²) in [5.41, 5.74) is 6.94. The minimum Gasteiger partial charge on any atom is -0.465 e. The summed E-state index contributed by atoms with van der Waals surface area (Å²) in [6.07, 6.45) is 1.23. The Morgan fingerprint density at radius 2 is 2.33 bits per heavy atom. The smallest absolute Gasteiger partial charge is 0.339 e. The Balaban J connectivity index is 2.20. The van der Waals surface area contributed by atoms with Gasteiger partial charge in [0.15, 0.2) is 0 Å². The highest BCUT2D eigenvalue weighted by atomic mass is 32.2. The Bertz CT molecular complexity index is 450. The molecule has 0 spiro atoms. The van der Waals surface area contributed by atoms with E-state index in [4.69, 9.17) is 15.2 Å². The van der Waals surface area contributed by atoms with Gasteiger partial charge in [0.1, 0.15) is 0 Å². The van der Waals surface area contributed by atoms with Crippen molar-refractivity contribution in [2.75, 3.05) is 19.5 Å². The topological polar surface area (TPSA) is 61.5 Å². The molecule has 2 rings (SSSR count). The molecule has 4 nitrogen and oxygen atoms in total. The van der Waals surface area contributed by atoms with Crippen LogP contribution in [0.25, 0.3) is 0 Å². The van der Waals surface area contributed by atoms with Crippen molar-refractivity contribution in [3.8, 4) is 0 Å². The molecule has 2 N–H and O–H groups in total. The van der Waals surface area contributed by atoms with Crippen LogP contribution in [0, 0.1) is 0 Å². The first-order valence-corrected chi connectivity index (χ1v) is 6.76. The first-order chi connectivity index (χ1) is 8.63. The second-order valence-corrected chi connectivity index (χ2v) is 5.51. The molecule has 1 heterocycles. The Morgan fingerprint density at radius 1 is 1.56 bits per heavy atom. The molecule has 1 saturated heterocycles. The van der Waals surface area contributed by atoms with Gasteiger partial charge < -0.3 is 15.2 Å². The van der Waals surface area contributed by atoms with Gasteiger partial charge in [-0.1, -0.05) is 6.07 Å². The van der Waals surface area contributed by atoms with Crippen molar-refractivity contribution in [2.24, 2.45) is 0 Å². The van der Waals surface area contributed by atoms with Crippen LogP contribution in [0.4, 0.5) is 5.69 Å². The van der Waals surface area contributed by atoms with Crippen LogP contribution in [0.3, 0.4) is 0 Å². The van der Waals surface area contributed by atoms with Crippen LogP contribution in [0.2, 0.25) is 0 Å². The molecular formula is C13H17NO3S. The molecule has 5 heteroatoms. The molecule has 0 radical (unpaired) electrons. The number of benzene rings is 1. The Hall–Kier alpha value is -1.20. The molecule has 18 heavy (non-hydrogen) atoms. The Kier molecular flexibility index (Phi) is 4.14. The number of hydrogen-bond acceptors (Lipinski definition) is 5. The molecule has 0 amide bonds. The second kappa shape index (κ2) is 5.63. The van der Waals surface area contributed by atoms with Crippen molar-refractivity contribution in [2.45, 2.75) is 29.6 Å². The summed E-state index contributed by atoms with van der Waals surface area (Å²) >= 11 is 1.67. The maximum Gasteiger partial charge on any atom is 0.339 e. The fourth-order valence-corrected chi connectivity index (χ4v) is 3.17. The Labute approximate surface area is 111 Å². The van der Waals surface area contributed by atoms with E-state index < -0.39 is 5.97 Å². The normalized spacial score (nSPS) is 23.0. The zero-order valence-corrected chi connectivity index (χ0v) is 11.3. The number of nitrogen functional groups attached to an aromatic ring is 1. The molecule has 0 bridgehead atoms. The monoisotopic (exact) mass is 267 g/mol. The van der Waals surface area contributed by atoms with E-state index in [2.05, 4.69) is 6.92 Å². The number of rotatable bonds is 3. The van der Waals surface area contributed by atoms with Crippen molar-refractivity contribution < 1.29 is 14.3 Å². The molecule has 1 aromatic carbocycles. The van der Waals surface area contributed by atoms with E-state index in [1.807, 2.05) is 12.1 Å². The predicted molar refractivity (Wildman–Crippen MR) is 71.9 cm³/mol. The minimum atomic E-state index is -0.398. The first-order valence-electron chi connectivity index (χ1n) is 5.88. The van der Waals surface area contributed by atoms with Gasteiger partial charge in [-0.3, -0.25) is 0 Å². The SMILES string of the molecule is COC(=O)c1cccc(SC2CCOC2C)c1N. The van der Waals surface area contributed by atoms with E-state index in [0.717, 1.165) is 17.9 Å². The molecule has 98 valence electrons. The summed E-state index contributed by atoms with van der Waals surface area (Å²) in [6.45, 7) is 2.85. The van der Waals surface area contributed by atoms with Gasteiger partial charge in [0.05, 0.1) is 24.5 Å². The predicted octanol–water partition coefficient (Wildman–Crippen LogP) is 2.32. The van der Waals surface area contributed by atoms with Gasteiger partial charge in [-0.15, -0.1) is 11.8 Å². The first kappa shape index (κ1) is 13.2.